The van der Waals surface area contributed by atoms with Gasteiger partial charge < -0.3 is 0 Å². The van der Waals surface area contributed by atoms with Crippen LogP contribution in [0.2, 0.25) is 0 Å². The Hall–Kier alpha value is -6.18. The number of fused-ring (bicyclic) bond motifs is 3. The first-order valence-electron chi connectivity index (χ1n) is 19.4. The van der Waals surface area contributed by atoms with Gasteiger partial charge in [-0.2, -0.15) is 5.26 Å². The lowest BCUT2D eigenvalue weighted by atomic mass is 9.43. The topological polar surface area (TPSA) is 62.5 Å². The van der Waals surface area contributed by atoms with E-state index in [0.717, 1.165) is 45.2 Å². The van der Waals surface area contributed by atoms with E-state index in [2.05, 4.69) is 84.9 Å². The average Bonchev–Trinajstić information content (AvgIpc) is 3.53. The van der Waals surface area contributed by atoms with Gasteiger partial charge in [-0.25, -0.2) is 15.0 Å². The largest absolute Gasteiger partial charge is 0.208 e. The number of nitriles is 1. The number of hydrogen-bond donors (Lipinski definition) is 0. The molecule has 4 saturated carbocycles. The molecular formula is C50H38N4. The van der Waals surface area contributed by atoms with Crippen molar-refractivity contribution < 1.29 is 0 Å². The lowest BCUT2D eigenvalue weighted by molar-refractivity contribution is -0.0399. The van der Waals surface area contributed by atoms with Gasteiger partial charge in [-0.05, 0) is 112 Å². The summed E-state index contributed by atoms with van der Waals surface area (Å²) in [6, 6.07) is 53.8. The van der Waals surface area contributed by atoms with Crippen LogP contribution in [0.5, 0.6) is 0 Å². The highest BCUT2D eigenvalue weighted by Crippen LogP contribution is 2.70. The molecule has 54 heavy (non-hydrogen) atoms. The van der Waals surface area contributed by atoms with Crippen LogP contribution in [0.3, 0.4) is 0 Å². The molecule has 6 aromatic carbocycles. The predicted molar refractivity (Wildman–Crippen MR) is 215 cm³/mol. The fourth-order valence-corrected chi connectivity index (χ4v) is 11.2. The second-order valence-electron chi connectivity index (χ2n) is 15.9. The maximum atomic E-state index is 10.0. The molecule has 4 heteroatoms. The van der Waals surface area contributed by atoms with Gasteiger partial charge in [0.2, 0.25) is 0 Å². The molecule has 5 aliphatic carbocycles. The van der Waals surface area contributed by atoms with Gasteiger partial charge in [-0.1, -0.05) is 133 Å². The van der Waals surface area contributed by atoms with Crippen molar-refractivity contribution in [3.63, 3.8) is 0 Å². The van der Waals surface area contributed by atoms with Crippen molar-refractivity contribution in [2.75, 3.05) is 0 Å². The molecule has 7 aromatic rings. The minimum absolute atomic E-state index is 0.0155. The zero-order valence-corrected chi connectivity index (χ0v) is 30.0. The summed E-state index contributed by atoms with van der Waals surface area (Å²) >= 11 is 0. The van der Waals surface area contributed by atoms with E-state index >= 15 is 0 Å². The van der Waals surface area contributed by atoms with Gasteiger partial charge in [-0.3, -0.25) is 0 Å². The summed E-state index contributed by atoms with van der Waals surface area (Å²) in [5.41, 5.74) is 14.0. The molecule has 5 aliphatic rings. The molecule has 0 saturated heterocycles. The Morgan fingerprint density at radius 2 is 0.981 bits per heavy atom. The Morgan fingerprint density at radius 1 is 0.444 bits per heavy atom. The Labute approximate surface area is 316 Å². The van der Waals surface area contributed by atoms with E-state index in [-0.39, 0.29) is 5.41 Å². The molecule has 4 bridgehead atoms. The molecule has 4 fully saturated rings. The van der Waals surface area contributed by atoms with Crippen LogP contribution in [-0.4, -0.2) is 15.0 Å². The molecule has 0 aliphatic heterocycles. The smallest absolute Gasteiger partial charge is 0.164 e. The molecule has 1 aromatic heterocycles. The molecule has 0 atom stereocenters. The van der Waals surface area contributed by atoms with Crippen molar-refractivity contribution in [2.24, 2.45) is 23.7 Å². The lowest BCUT2D eigenvalue weighted by Gasteiger charge is -2.61. The van der Waals surface area contributed by atoms with E-state index in [0.29, 0.717) is 29.3 Å². The van der Waals surface area contributed by atoms with Crippen LogP contribution in [0.1, 0.15) is 48.8 Å². The second kappa shape index (κ2) is 12.2. The summed E-state index contributed by atoms with van der Waals surface area (Å²) in [5.74, 6) is 5.00. The summed E-state index contributed by atoms with van der Waals surface area (Å²) in [4.78, 5) is 15.0. The lowest BCUT2D eigenvalue weighted by Crippen LogP contribution is -2.55. The normalized spacial score (nSPS) is 22.9. The molecule has 0 N–H and O–H groups in total. The number of benzene rings is 6. The van der Waals surface area contributed by atoms with Crippen LogP contribution >= 0.6 is 0 Å². The first-order valence-corrected chi connectivity index (χ1v) is 19.4. The van der Waals surface area contributed by atoms with Crippen molar-refractivity contribution in [3.8, 4) is 73.6 Å². The monoisotopic (exact) mass is 694 g/mol. The van der Waals surface area contributed by atoms with Crippen molar-refractivity contribution in [1.29, 1.82) is 5.26 Å². The van der Waals surface area contributed by atoms with Gasteiger partial charge in [0, 0.05) is 22.1 Å². The predicted octanol–water partition coefficient (Wildman–Crippen LogP) is 11.8. The van der Waals surface area contributed by atoms with Gasteiger partial charge in [0.1, 0.15) is 0 Å². The van der Waals surface area contributed by atoms with Gasteiger partial charge in [0.15, 0.2) is 17.5 Å². The third kappa shape index (κ3) is 4.71. The van der Waals surface area contributed by atoms with Crippen LogP contribution in [0.25, 0.3) is 67.5 Å². The molecule has 12 rings (SSSR count). The zero-order valence-electron chi connectivity index (χ0n) is 30.0. The van der Waals surface area contributed by atoms with Crippen LogP contribution in [0.15, 0.2) is 146 Å². The van der Waals surface area contributed by atoms with E-state index in [4.69, 9.17) is 15.0 Å². The van der Waals surface area contributed by atoms with Crippen LogP contribution in [0, 0.1) is 35.0 Å². The molecular weight excluding hydrogens is 657 g/mol. The van der Waals surface area contributed by atoms with Gasteiger partial charge in [-0.15, -0.1) is 0 Å². The maximum Gasteiger partial charge on any atom is 0.164 e. The van der Waals surface area contributed by atoms with Crippen molar-refractivity contribution in [1.82, 2.24) is 15.0 Å². The van der Waals surface area contributed by atoms with E-state index < -0.39 is 0 Å². The quantitative estimate of drug-likeness (QED) is 0.180. The second-order valence-corrected chi connectivity index (χ2v) is 15.9. The number of hydrogen-bond acceptors (Lipinski definition) is 4. The van der Waals surface area contributed by atoms with Crippen molar-refractivity contribution in [3.05, 3.63) is 162 Å². The SMILES string of the molecule is N#Cc1ccc2c(c1)C1(c3cccc(-c4ccc(-c5ccccc5-c5nc(-c6ccccc6)nc(-c6ccccc6)n5)cc4)c3-2)C2CC3CC(C2)CC1C3. The maximum absolute atomic E-state index is 10.0. The highest BCUT2D eigenvalue weighted by Gasteiger charge is 2.61. The first kappa shape index (κ1) is 31.4. The Morgan fingerprint density at radius 3 is 1.59 bits per heavy atom. The fourth-order valence-electron chi connectivity index (χ4n) is 11.2. The van der Waals surface area contributed by atoms with Gasteiger partial charge in [0.25, 0.3) is 0 Å². The minimum Gasteiger partial charge on any atom is -0.208 e. The standard InChI is InChI=1S/C50H38N4/c51-30-31-18-23-43-45(29-31)50(38-25-32-24-33(27-38)28-39(50)26-32)44-17-9-16-41(46(43)44)35-21-19-34(20-22-35)40-14-7-8-15-42(40)49-53-47(36-10-3-1-4-11-36)52-48(54-49)37-12-5-2-6-13-37/h1-23,29,32-33,38-39H,24-28H2. The molecule has 0 radical (unpaired) electrons. The Balaban J connectivity index is 1.02. The molecule has 1 heterocycles. The zero-order chi connectivity index (χ0) is 35.8. The van der Waals surface area contributed by atoms with Gasteiger partial charge in [0.05, 0.1) is 11.6 Å². The molecule has 4 nitrogen and oxygen atoms in total. The minimum atomic E-state index is 0.0155. The Kier molecular flexibility index (Phi) is 7.07. The van der Waals surface area contributed by atoms with E-state index in [1.54, 1.807) is 0 Å². The van der Waals surface area contributed by atoms with Crippen LogP contribution in [-0.2, 0) is 5.41 Å². The third-order valence-electron chi connectivity index (χ3n) is 13.2. The molecule has 258 valence electrons. The summed E-state index contributed by atoms with van der Waals surface area (Å²) in [6.07, 6.45) is 6.71. The van der Waals surface area contributed by atoms with E-state index in [1.807, 2.05) is 66.7 Å². The summed E-state index contributed by atoms with van der Waals surface area (Å²) in [7, 11) is 0. The van der Waals surface area contributed by atoms with Crippen LogP contribution < -0.4 is 0 Å². The number of nitrogens with zero attached hydrogens (tertiary/aromatic N) is 4. The van der Waals surface area contributed by atoms with Crippen molar-refractivity contribution >= 4 is 0 Å². The summed E-state index contributed by atoms with van der Waals surface area (Å²) in [6.45, 7) is 0. The van der Waals surface area contributed by atoms with Gasteiger partial charge >= 0.3 is 0 Å². The van der Waals surface area contributed by atoms with E-state index in [9.17, 15) is 5.26 Å². The van der Waals surface area contributed by atoms with E-state index in [1.165, 1.54) is 65.5 Å². The third-order valence-corrected chi connectivity index (χ3v) is 13.2. The highest BCUT2D eigenvalue weighted by atomic mass is 15.0. The fraction of sp³-hybridized carbons (Fsp3) is 0.200. The number of rotatable bonds is 5. The van der Waals surface area contributed by atoms with Crippen molar-refractivity contribution in [2.45, 2.75) is 37.5 Å². The first-order chi connectivity index (χ1) is 26.7. The Bertz CT molecular complexity index is 2530. The molecule has 0 amide bonds. The van der Waals surface area contributed by atoms with Crippen LogP contribution in [0.4, 0.5) is 0 Å². The molecule has 1 spiro atoms. The molecule has 0 unspecified atom stereocenters. The average molecular weight is 695 g/mol. The summed E-state index contributed by atoms with van der Waals surface area (Å²) in [5, 5.41) is 10.0. The highest BCUT2D eigenvalue weighted by molar-refractivity contribution is 5.94. The number of aromatic nitrogens is 3. The summed E-state index contributed by atoms with van der Waals surface area (Å²) < 4.78 is 0.